The van der Waals surface area contributed by atoms with E-state index < -0.39 is 0 Å². The topological polar surface area (TPSA) is 21.3 Å². The van der Waals surface area contributed by atoms with Crippen molar-refractivity contribution < 1.29 is 4.74 Å². The Balaban J connectivity index is 2.19. The van der Waals surface area contributed by atoms with Crippen molar-refractivity contribution in [3.05, 3.63) is 23.8 Å². The van der Waals surface area contributed by atoms with Gasteiger partial charge in [0.25, 0.3) is 0 Å². The lowest BCUT2D eigenvalue weighted by Gasteiger charge is -2.25. The number of hydrogen-bond donors (Lipinski definition) is 1. The third-order valence-electron chi connectivity index (χ3n) is 3.05. The van der Waals surface area contributed by atoms with E-state index in [1.807, 2.05) is 13.0 Å². The van der Waals surface area contributed by atoms with Crippen molar-refractivity contribution in [2.75, 3.05) is 18.5 Å². The second-order valence-electron chi connectivity index (χ2n) is 4.11. The Morgan fingerprint density at radius 3 is 3.00 bits per heavy atom. The van der Waals surface area contributed by atoms with Gasteiger partial charge in [0.05, 0.1) is 6.61 Å². The van der Waals surface area contributed by atoms with E-state index >= 15 is 0 Å². The van der Waals surface area contributed by atoms with Gasteiger partial charge in [0.2, 0.25) is 0 Å². The van der Waals surface area contributed by atoms with Crippen LogP contribution in [0.2, 0.25) is 0 Å². The molecular weight excluding hydrogens is 186 g/mol. The highest BCUT2D eigenvalue weighted by Crippen LogP contribution is 2.29. The molecule has 1 unspecified atom stereocenters. The lowest BCUT2D eigenvalue weighted by atomic mass is 9.92. The van der Waals surface area contributed by atoms with Crippen LogP contribution in [-0.2, 0) is 6.42 Å². The zero-order valence-electron chi connectivity index (χ0n) is 9.55. The monoisotopic (exact) mass is 205 g/mol. The molecule has 0 fully saturated rings. The maximum Gasteiger partial charge on any atom is 0.119 e. The second kappa shape index (κ2) is 4.56. The zero-order valence-corrected chi connectivity index (χ0v) is 9.55. The highest BCUT2D eigenvalue weighted by atomic mass is 16.5. The summed E-state index contributed by atoms with van der Waals surface area (Å²) in [6.45, 7) is 6.12. The van der Waals surface area contributed by atoms with Crippen molar-refractivity contribution >= 4 is 5.69 Å². The molecule has 0 radical (unpaired) electrons. The summed E-state index contributed by atoms with van der Waals surface area (Å²) in [6.07, 6.45) is 2.42. The van der Waals surface area contributed by atoms with Gasteiger partial charge in [-0.25, -0.2) is 0 Å². The van der Waals surface area contributed by atoms with Crippen molar-refractivity contribution in [2.45, 2.75) is 26.7 Å². The van der Waals surface area contributed by atoms with Gasteiger partial charge in [-0.1, -0.05) is 13.3 Å². The summed E-state index contributed by atoms with van der Waals surface area (Å²) in [6, 6.07) is 6.35. The molecule has 1 N–H and O–H groups in total. The number of rotatable bonds is 3. The fraction of sp³-hybridized carbons (Fsp3) is 0.538. The summed E-state index contributed by atoms with van der Waals surface area (Å²) < 4.78 is 5.51. The van der Waals surface area contributed by atoms with Crippen molar-refractivity contribution in [3.63, 3.8) is 0 Å². The maximum atomic E-state index is 5.51. The third-order valence-corrected chi connectivity index (χ3v) is 3.05. The fourth-order valence-electron chi connectivity index (χ4n) is 2.09. The number of ether oxygens (including phenoxy) is 1. The van der Waals surface area contributed by atoms with Gasteiger partial charge in [-0.2, -0.15) is 0 Å². The molecule has 0 saturated carbocycles. The van der Waals surface area contributed by atoms with Gasteiger partial charge < -0.3 is 10.1 Å². The molecule has 1 aromatic carbocycles. The summed E-state index contributed by atoms with van der Waals surface area (Å²) >= 11 is 0. The molecule has 1 aromatic rings. The Hall–Kier alpha value is -1.18. The molecule has 15 heavy (non-hydrogen) atoms. The summed E-state index contributed by atoms with van der Waals surface area (Å²) in [4.78, 5) is 0. The van der Waals surface area contributed by atoms with E-state index in [1.54, 1.807) is 0 Å². The fourth-order valence-corrected chi connectivity index (χ4v) is 2.09. The molecule has 2 nitrogen and oxygen atoms in total. The molecular formula is C13H19NO. The standard InChI is InChI=1S/C13H19NO/c1-3-10-7-11-8-12(15-4-2)5-6-13(11)14-9-10/h5-6,8,10,14H,3-4,7,9H2,1-2H3. The molecule has 0 amide bonds. The van der Waals surface area contributed by atoms with Gasteiger partial charge >= 0.3 is 0 Å². The Labute approximate surface area is 91.6 Å². The SMILES string of the molecule is CCOc1ccc2c(c1)CC(CC)CN2. The van der Waals surface area contributed by atoms with E-state index in [4.69, 9.17) is 4.74 Å². The Bertz CT molecular complexity index is 335. The van der Waals surface area contributed by atoms with Crippen LogP contribution in [0.25, 0.3) is 0 Å². The van der Waals surface area contributed by atoms with E-state index in [9.17, 15) is 0 Å². The summed E-state index contributed by atoms with van der Waals surface area (Å²) in [5.41, 5.74) is 2.68. The van der Waals surface area contributed by atoms with Gasteiger partial charge in [0, 0.05) is 12.2 Å². The molecule has 2 heteroatoms. The van der Waals surface area contributed by atoms with Crippen LogP contribution in [0.3, 0.4) is 0 Å². The molecule has 0 aromatic heterocycles. The first-order chi connectivity index (χ1) is 7.33. The predicted octanol–water partition coefficient (Wildman–Crippen LogP) is 3.08. The predicted molar refractivity (Wildman–Crippen MR) is 63.6 cm³/mol. The van der Waals surface area contributed by atoms with Crippen molar-refractivity contribution in [3.8, 4) is 5.75 Å². The van der Waals surface area contributed by atoms with Crippen LogP contribution < -0.4 is 10.1 Å². The Morgan fingerprint density at radius 2 is 2.27 bits per heavy atom. The largest absolute Gasteiger partial charge is 0.494 e. The molecule has 0 bridgehead atoms. The zero-order chi connectivity index (χ0) is 10.7. The van der Waals surface area contributed by atoms with Crippen LogP contribution in [0.4, 0.5) is 5.69 Å². The quantitative estimate of drug-likeness (QED) is 0.818. The van der Waals surface area contributed by atoms with Gasteiger partial charge in [-0.15, -0.1) is 0 Å². The van der Waals surface area contributed by atoms with Crippen molar-refractivity contribution in [1.82, 2.24) is 0 Å². The highest BCUT2D eigenvalue weighted by Gasteiger charge is 2.16. The van der Waals surface area contributed by atoms with E-state index in [1.165, 1.54) is 24.1 Å². The van der Waals surface area contributed by atoms with Gasteiger partial charge in [0.1, 0.15) is 5.75 Å². The molecule has 1 heterocycles. The van der Waals surface area contributed by atoms with E-state index in [-0.39, 0.29) is 0 Å². The van der Waals surface area contributed by atoms with Crippen molar-refractivity contribution in [2.24, 2.45) is 5.92 Å². The number of benzene rings is 1. The van der Waals surface area contributed by atoms with E-state index in [0.717, 1.165) is 24.8 Å². The van der Waals surface area contributed by atoms with Gasteiger partial charge in [0.15, 0.2) is 0 Å². The smallest absolute Gasteiger partial charge is 0.119 e. The minimum atomic E-state index is 0.740. The normalized spacial score (nSPS) is 19.2. The van der Waals surface area contributed by atoms with Gasteiger partial charge in [-0.3, -0.25) is 0 Å². The lowest BCUT2D eigenvalue weighted by molar-refractivity contribution is 0.339. The lowest BCUT2D eigenvalue weighted by Crippen LogP contribution is -2.22. The van der Waals surface area contributed by atoms with E-state index in [0.29, 0.717) is 0 Å². The van der Waals surface area contributed by atoms with Crippen molar-refractivity contribution in [1.29, 1.82) is 0 Å². The molecule has 1 aliphatic heterocycles. The molecule has 1 aliphatic rings. The average Bonchev–Trinajstić information content (AvgIpc) is 2.28. The Morgan fingerprint density at radius 1 is 1.40 bits per heavy atom. The van der Waals surface area contributed by atoms with E-state index in [2.05, 4.69) is 24.4 Å². The summed E-state index contributed by atoms with van der Waals surface area (Å²) in [5.74, 6) is 1.77. The minimum absolute atomic E-state index is 0.740. The third kappa shape index (κ3) is 2.25. The van der Waals surface area contributed by atoms with Crippen LogP contribution in [0.15, 0.2) is 18.2 Å². The van der Waals surface area contributed by atoms with Crippen LogP contribution in [-0.4, -0.2) is 13.2 Å². The van der Waals surface area contributed by atoms with Crippen LogP contribution >= 0.6 is 0 Å². The number of fused-ring (bicyclic) bond motifs is 1. The average molecular weight is 205 g/mol. The molecule has 1 atom stereocenters. The molecule has 0 saturated heterocycles. The minimum Gasteiger partial charge on any atom is -0.494 e. The number of anilines is 1. The highest BCUT2D eigenvalue weighted by molar-refractivity contribution is 5.56. The first kappa shape index (κ1) is 10.3. The molecule has 82 valence electrons. The summed E-state index contributed by atoms with van der Waals surface area (Å²) in [5, 5.41) is 3.48. The second-order valence-corrected chi connectivity index (χ2v) is 4.11. The maximum absolute atomic E-state index is 5.51. The number of nitrogens with one attached hydrogen (secondary N) is 1. The summed E-state index contributed by atoms with van der Waals surface area (Å²) in [7, 11) is 0. The van der Waals surface area contributed by atoms with Crippen LogP contribution in [0.1, 0.15) is 25.8 Å². The van der Waals surface area contributed by atoms with Crippen LogP contribution in [0.5, 0.6) is 5.75 Å². The molecule has 2 rings (SSSR count). The molecule has 0 spiro atoms. The first-order valence-corrected chi connectivity index (χ1v) is 5.83. The molecule has 0 aliphatic carbocycles. The van der Waals surface area contributed by atoms with Crippen LogP contribution in [0, 0.1) is 5.92 Å². The number of hydrogen-bond acceptors (Lipinski definition) is 2. The first-order valence-electron chi connectivity index (χ1n) is 5.83. The van der Waals surface area contributed by atoms with Gasteiger partial charge in [-0.05, 0) is 43.0 Å². The Kier molecular flexibility index (Phi) is 3.14.